The Kier molecular flexibility index (Phi) is 8.43. The van der Waals surface area contributed by atoms with Gasteiger partial charge in [-0.25, -0.2) is 0 Å². The molecule has 1 aromatic heterocycles. The number of aromatic nitrogens is 2. The Morgan fingerprint density at radius 1 is 0.944 bits per heavy atom. The zero-order chi connectivity index (χ0) is 25.5. The molecule has 2 heterocycles. The molecular weight excluding hydrogens is 474 g/mol. The first-order valence-corrected chi connectivity index (χ1v) is 13.1. The van der Waals surface area contributed by atoms with Gasteiger partial charge in [-0.05, 0) is 55.4 Å². The Morgan fingerprint density at radius 2 is 1.58 bits per heavy atom. The third-order valence-electron chi connectivity index (χ3n) is 6.41. The normalized spacial score (nSPS) is 13.9. The van der Waals surface area contributed by atoms with Crippen LogP contribution in [0.4, 0.5) is 5.69 Å². The molecule has 3 amide bonds. The van der Waals surface area contributed by atoms with Crippen LogP contribution in [0.1, 0.15) is 62.5 Å². The molecule has 9 heteroatoms. The summed E-state index contributed by atoms with van der Waals surface area (Å²) in [5, 5.41) is 14.0. The van der Waals surface area contributed by atoms with Crippen LogP contribution in [-0.2, 0) is 17.8 Å². The van der Waals surface area contributed by atoms with Crippen molar-refractivity contribution in [3.8, 4) is 0 Å². The maximum atomic E-state index is 12.9. The third kappa shape index (κ3) is 6.75. The Balaban J connectivity index is 1.21. The van der Waals surface area contributed by atoms with Gasteiger partial charge in [0.1, 0.15) is 0 Å². The molecule has 36 heavy (non-hydrogen) atoms. The number of anilines is 1. The summed E-state index contributed by atoms with van der Waals surface area (Å²) < 4.78 is 0. The van der Waals surface area contributed by atoms with E-state index in [9.17, 15) is 14.4 Å². The number of carbonyl (C=O) groups is 3. The van der Waals surface area contributed by atoms with Crippen molar-refractivity contribution in [2.75, 3.05) is 18.4 Å². The van der Waals surface area contributed by atoms with Crippen molar-refractivity contribution in [2.45, 2.75) is 46.1 Å². The van der Waals surface area contributed by atoms with E-state index in [1.807, 2.05) is 43.3 Å². The highest BCUT2D eigenvalue weighted by Gasteiger charge is 2.28. The Labute approximate surface area is 215 Å². The molecule has 1 fully saturated rings. The molecule has 1 aliphatic heterocycles. The van der Waals surface area contributed by atoms with E-state index < -0.39 is 0 Å². The summed E-state index contributed by atoms with van der Waals surface area (Å²) in [6, 6.07) is 15.7. The van der Waals surface area contributed by atoms with Crippen LogP contribution in [-0.4, -0.2) is 45.9 Å². The number of rotatable bonds is 8. The summed E-state index contributed by atoms with van der Waals surface area (Å²) in [6.07, 6.45) is 2.96. The molecule has 0 bridgehead atoms. The molecule has 0 atom stereocenters. The molecule has 188 valence electrons. The van der Waals surface area contributed by atoms with Gasteiger partial charge < -0.3 is 15.5 Å². The molecular formula is C27H31N5O3S. The van der Waals surface area contributed by atoms with Crippen molar-refractivity contribution in [1.29, 1.82) is 0 Å². The molecule has 3 aromatic rings. The van der Waals surface area contributed by atoms with Gasteiger partial charge in [0, 0.05) is 31.7 Å². The van der Waals surface area contributed by atoms with E-state index in [0.717, 1.165) is 41.7 Å². The average molecular weight is 506 g/mol. The lowest BCUT2D eigenvalue weighted by Crippen LogP contribution is -2.39. The van der Waals surface area contributed by atoms with Crippen LogP contribution in [0.3, 0.4) is 0 Å². The number of piperidine rings is 1. The van der Waals surface area contributed by atoms with Crippen LogP contribution in [0.5, 0.6) is 0 Å². The number of aryl methyl sites for hydroxylation is 2. The van der Waals surface area contributed by atoms with Crippen LogP contribution in [0.25, 0.3) is 0 Å². The fourth-order valence-corrected chi connectivity index (χ4v) is 4.83. The Morgan fingerprint density at radius 3 is 2.25 bits per heavy atom. The topological polar surface area (TPSA) is 104 Å². The van der Waals surface area contributed by atoms with Crippen LogP contribution in [0.15, 0.2) is 48.5 Å². The fraction of sp³-hybridized carbons (Fsp3) is 0.370. The van der Waals surface area contributed by atoms with Gasteiger partial charge in [0.15, 0.2) is 0 Å². The quantitative estimate of drug-likeness (QED) is 0.477. The Bertz CT molecular complexity index is 1200. The van der Waals surface area contributed by atoms with Gasteiger partial charge in [0.05, 0.1) is 0 Å². The summed E-state index contributed by atoms with van der Waals surface area (Å²) >= 11 is 0.994. The van der Waals surface area contributed by atoms with Crippen LogP contribution in [0.2, 0.25) is 0 Å². The van der Waals surface area contributed by atoms with Gasteiger partial charge in [-0.3, -0.25) is 14.4 Å². The lowest BCUT2D eigenvalue weighted by atomic mass is 9.93. The minimum atomic E-state index is -0.388. The predicted molar refractivity (Wildman–Crippen MR) is 140 cm³/mol. The van der Waals surface area contributed by atoms with Crippen molar-refractivity contribution in [3.05, 3.63) is 75.2 Å². The van der Waals surface area contributed by atoms with Gasteiger partial charge in [-0.2, -0.15) is 0 Å². The second kappa shape index (κ2) is 11.9. The highest BCUT2D eigenvalue weighted by atomic mass is 32.1. The first-order valence-electron chi connectivity index (χ1n) is 12.3. The molecule has 0 spiro atoms. The molecule has 1 saturated heterocycles. The van der Waals surface area contributed by atoms with Gasteiger partial charge in [-0.1, -0.05) is 60.2 Å². The van der Waals surface area contributed by atoms with Crippen molar-refractivity contribution >= 4 is 34.7 Å². The van der Waals surface area contributed by atoms with Gasteiger partial charge >= 0.3 is 0 Å². The number of nitrogens with zero attached hydrogens (tertiary/aromatic N) is 3. The smallest absolute Gasteiger partial charge is 0.286 e. The third-order valence-corrected chi connectivity index (χ3v) is 7.32. The number of nitrogens with one attached hydrogen (secondary N) is 2. The fourth-order valence-electron chi connectivity index (χ4n) is 4.13. The summed E-state index contributed by atoms with van der Waals surface area (Å²) in [4.78, 5) is 39.5. The minimum absolute atomic E-state index is 0.0349. The molecule has 8 nitrogen and oxygen atoms in total. The number of hydrogen-bond donors (Lipinski definition) is 2. The number of carbonyl (C=O) groups excluding carboxylic acids is 3. The summed E-state index contributed by atoms with van der Waals surface area (Å²) in [6.45, 7) is 5.72. The first-order chi connectivity index (χ1) is 17.4. The van der Waals surface area contributed by atoms with Crippen molar-refractivity contribution in [1.82, 2.24) is 20.4 Å². The van der Waals surface area contributed by atoms with E-state index in [4.69, 9.17) is 0 Å². The second-order valence-corrected chi connectivity index (χ2v) is 10.1. The van der Waals surface area contributed by atoms with E-state index in [1.165, 1.54) is 5.56 Å². The maximum Gasteiger partial charge on any atom is 0.286 e. The molecule has 0 aliphatic carbocycles. The monoisotopic (exact) mass is 505 g/mol. The Hall–Kier alpha value is -3.59. The molecule has 2 N–H and O–H groups in total. The van der Waals surface area contributed by atoms with E-state index in [2.05, 4.69) is 39.9 Å². The zero-order valence-electron chi connectivity index (χ0n) is 20.6. The summed E-state index contributed by atoms with van der Waals surface area (Å²) in [5.41, 5.74) is 4.12. The molecule has 0 unspecified atom stereocenters. The highest BCUT2D eigenvalue weighted by molar-refractivity contribution is 7.15. The van der Waals surface area contributed by atoms with Crippen molar-refractivity contribution in [3.63, 3.8) is 0 Å². The number of hydrogen-bond acceptors (Lipinski definition) is 6. The molecule has 1 aliphatic rings. The van der Waals surface area contributed by atoms with E-state index in [-0.39, 0.29) is 33.7 Å². The zero-order valence-corrected chi connectivity index (χ0v) is 21.4. The van der Waals surface area contributed by atoms with E-state index in [1.54, 1.807) is 4.90 Å². The predicted octanol–water partition coefficient (Wildman–Crippen LogP) is 4.22. The van der Waals surface area contributed by atoms with Crippen molar-refractivity contribution < 1.29 is 14.4 Å². The van der Waals surface area contributed by atoms with Crippen LogP contribution in [0, 0.1) is 12.8 Å². The van der Waals surface area contributed by atoms with E-state index in [0.29, 0.717) is 31.7 Å². The highest BCUT2D eigenvalue weighted by Crippen LogP contribution is 2.23. The van der Waals surface area contributed by atoms with Gasteiger partial charge in [0.25, 0.3) is 11.8 Å². The molecule has 0 radical (unpaired) electrons. The standard InChI is InChI=1S/C27H31N5O3S/c1-3-19-6-8-21(9-7-19)17-28-23(33)16-20-12-14-32(15-13-20)27(35)26-31-30-25(36-26)24(34)29-22-10-4-18(2)5-11-22/h4-11,20H,3,12-17H2,1-2H3,(H,28,33)(H,29,34). The maximum absolute atomic E-state index is 12.9. The molecule has 0 saturated carbocycles. The number of amides is 3. The van der Waals surface area contributed by atoms with Gasteiger partial charge in [-0.15, -0.1) is 10.2 Å². The summed E-state index contributed by atoms with van der Waals surface area (Å²) in [5.74, 6) is -0.337. The van der Waals surface area contributed by atoms with Crippen LogP contribution >= 0.6 is 11.3 Å². The van der Waals surface area contributed by atoms with Crippen molar-refractivity contribution in [2.24, 2.45) is 5.92 Å². The largest absolute Gasteiger partial charge is 0.352 e. The lowest BCUT2D eigenvalue weighted by Gasteiger charge is -2.31. The number of benzene rings is 2. The average Bonchev–Trinajstić information content (AvgIpc) is 3.40. The molecule has 4 rings (SSSR count). The molecule has 2 aromatic carbocycles. The first kappa shape index (κ1) is 25.5. The number of likely N-dealkylation sites (tertiary alicyclic amines) is 1. The second-order valence-electron chi connectivity index (χ2n) is 9.12. The van der Waals surface area contributed by atoms with Crippen LogP contribution < -0.4 is 10.6 Å². The SMILES string of the molecule is CCc1ccc(CNC(=O)CC2CCN(C(=O)c3nnc(C(=O)Nc4ccc(C)cc4)s3)CC2)cc1. The van der Waals surface area contributed by atoms with E-state index >= 15 is 0 Å². The summed E-state index contributed by atoms with van der Waals surface area (Å²) in [7, 11) is 0. The lowest BCUT2D eigenvalue weighted by molar-refractivity contribution is -0.122. The minimum Gasteiger partial charge on any atom is -0.352 e. The van der Waals surface area contributed by atoms with Gasteiger partial charge in [0.2, 0.25) is 15.9 Å².